The molecule has 5 nitrogen and oxygen atoms in total. The average Bonchev–Trinajstić information content (AvgIpc) is 2.80. The second kappa shape index (κ2) is 11.5. The fourth-order valence-electron chi connectivity index (χ4n) is 4.55. The fraction of sp³-hybridized carbons (Fsp3) is 0.320. The number of rotatable bonds is 5. The minimum atomic E-state index is -1.23. The van der Waals surface area contributed by atoms with E-state index in [0.717, 1.165) is 24.1 Å². The first-order valence-electron chi connectivity index (χ1n) is 10.8. The zero-order chi connectivity index (χ0) is 23.7. The molecular weight excluding hydrogens is 469 g/mol. The molecule has 10 heteroatoms. The van der Waals surface area contributed by atoms with Gasteiger partial charge in [0.25, 0.3) is 0 Å². The van der Waals surface area contributed by atoms with Crippen LogP contribution in [0.15, 0.2) is 48.8 Å². The van der Waals surface area contributed by atoms with Crippen molar-refractivity contribution in [2.75, 3.05) is 0 Å². The number of aliphatic hydroxyl groups excluding tert-OH is 1. The van der Waals surface area contributed by atoms with Crippen molar-refractivity contribution >= 4 is 5.78 Å². The molecule has 0 amide bonds. The first-order chi connectivity index (χ1) is 15.8. The van der Waals surface area contributed by atoms with Gasteiger partial charge in [-0.15, -0.1) is 0 Å². The molecule has 3 aromatic rings. The van der Waals surface area contributed by atoms with Gasteiger partial charge in [-0.25, -0.2) is 18.2 Å². The molecule has 1 aliphatic carbocycles. The van der Waals surface area contributed by atoms with E-state index in [1.807, 2.05) is 13.0 Å². The Morgan fingerprint density at radius 1 is 1.09 bits per heavy atom. The van der Waals surface area contributed by atoms with E-state index in [1.165, 1.54) is 18.2 Å². The highest BCUT2D eigenvalue weighted by atomic mass is 19.2. The molecule has 0 bridgehead atoms. The molecule has 2 aromatic heterocycles. The number of carbonyl (C=O) groups excluding carboxylic acids is 1. The number of benzene rings is 1. The number of aromatic nitrogens is 2. The number of ketones is 1. The van der Waals surface area contributed by atoms with Gasteiger partial charge in [-0.2, -0.15) is 0 Å². The van der Waals surface area contributed by atoms with E-state index < -0.39 is 35.0 Å². The number of pyridine rings is 2. The molecule has 0 radical (unpaired) electrons. The summed E-state index contributed by atoms with van der Waals surface area (Å²) < 4.78 is 42.2. The number of hydrogen-bond acceptors (Lipinski definition) is 5. The van der Waals surface area contributed by atoms with E-state index in [1.54, 1.807) is 12.4 Å². The quantitative estimate of drug-likeness (QED) is 0.402. The third kappa shape index (κ3) is 5.71. The highest BCUT2D eigenvalue weighted by molar-refractivity contribution is 5.96. The van der Waals surface area contributed by atoms with E-state index in [-0.39, 0.29) is 45.0 Å². The van der Waals surface area contributed by atoms with E-state index in [4.69, 9.17) is 5.73 Å². The van der Waals surface area contributed by atoms with E-state index >= 15 is 0 Å². The number of nitrogens with zero attached hydrogens (tertiary/aromatic N) is 2. The molecule has 1 saturated carbocycles. The normalized spacial score (nSPS) is 21.5. The Hall–Kier alpha value is -3.24. The third-order valence-electron chi connectivity index (χ3n) is 6.31. The highest BCUT2D eigenvalue weighted by Gasteiger charge is 2.34. The third-order valence-corrected chi connectivity index (χ3v) is 6.31. The second-order valence-electron chi connectivity index (χ2n) is 8.60. The molecular formula is C25H26F5N3O2. The minimum absolute atomic E-state index is 0. The van der Waals surface area contributed by atoms with Crippen LogP contribution in [-0.4, -0.2) is 33.0 Å². The smallest absolute Gasteiger partial charge is 0.185 e. The van der Waals surface area contributed by atoms with Gasteiger partial charge < -0.3 is 10.8 Å². The van der Waals surface area contributed by atoms with Gasteiger partial charge in [-0.1, -0.05) is 13.0 Å². The van der Waals surface area contributed by atoms with Crippen LogP contribution in [0.25, 0.3) is 11.3 Å². The molecule has 1 aliphatic rings. The Kier molecular flexibility index (Phi) is 9.17. The van der Waals surface area contributed by atoms with Gasteiger partial charge in [-0.05, 0) is 66.1 Å². The zero-order valence-corrected chi connectivity index (χ0v) is 18.8. The number of halogens is 5. The van der Waals surface area contributed by atoms with Crippen LogP contribution in [0.1, 0.15) is 47.3 Å². The summed E-state index contributed by atoms with van der Waals surface area (Å²) in [5.74, 6) is -3.55. The van der Waals surface area contributed by atoms with Crippen molar-refractivity contribution in [2.24, 2.45) is 11.7 Å². The first-order valence-corrected chi connectivity index (χ1v) is 10.8. The number of Topliss-reactive ketones (excluding diaryl/α,β-unsaturated/α-hetero) is 1. The van der Waals surface area contributed by atoms with Crippen molar-refractivity contribution < 1.29 is 32.5 Å². The van der Waals surface area contributed by atoms with Crippen LogP contribution in [0.3, 0.4) is 0 Å². The molecule has 1 fully saturated rings. The minimum Gasteiger partial charge on any atom is -0.391 e. The summed E-state index contributed by atoms with van der Waals surface area (Å²) in [6.45, 7) is 1.94. The van der Waals surface area contributed by atoms with Gasteiger partial charge >= 0.3 is 0 Å². The molecule has 0 spiro atoms. The van der Waals surface area contributed by atoms with Gasteiger partial charge in [0.05, 0.1) is 6.10 Å². The topological polar surface area (TPSA) is 89.1 Å². The maximum absolute atomic E-state index is 14.4. The summed E-state index contributed by atoms with van der Waals surface area (Å²) in [5, 5.41) is 10.2. The van der Waals surface area contributed by atoms with Crippen LogP contribution < -0.4 is 5.73 Å². The van der Waals surface area contributed by atoms with Crippen molar-refractivity contribution in [1.29, 1.82) is 0 Å². The van der Waals surface area contributed by atoms with Crippen molar-refractivity contribution in [1.82, 2.24) is 9.97 Å². The molecule has 188 valence electrons. The maximum atomic E-state index is 14.4. The summed E-state index contributed by atoms with van der Waals surface area (Å²) in [7, 11) is 0. The van der Waals surface area contributed by atoms with Crippen LogP contribution in [0, 0.1) is 23.4 Å². The van der Waals surface area contributed by atoms with E-state index in [9.17, 15) is 23.1 Å². The lowest BCUT2D eigenvalue weighted by atomic mass is 9.74. The van der Waals surface area contributed by atoms with Crippen LogP contribution in [0.2, 0.25) is 0 Å². The Bertz CT molecular complexity index is 1180. The van der Waals surface area contributed by atoms with Crippen LogP contribution in [-0.2, 0) is 6.42 Å². The lowest BCUT2D eigenvalue weighted by Crippen LogP contribution is -2.44. The van der Waals surface area contributed by atoms with Gasteiger partial charge in [0.15, 0.2) is 17.4 Å². The Morgan fingerprint density at radius 2 is 1.83 bits per heavy atom. The lowest BCUT2D eigenvalue weighted by molar-refractivity contribution is 0.0519. The molecule has 2 heterocycles. The zero-order valence-electron chi connectivity index (χ0n) is 18.8. The lowest BCUT2D eigenvalue weighted by Gasteiger charge is -2.36. The highest BCUT2D eigenvalue weighted by Crippen LogP contribution is 2.37. The SMILES string of the molecule is C[C@H]1C[C@@H](c2ccncc2CC(=O)c2ccc(F)c(-c3cccc(F)c3F)n2)C[C@@H](N)[C@@H]1O.F.F. The van der Waals surface area contributed by atoms with Crippen LogP contribution in [0.4, 0.5) is 22.6 Å². The number of aliphatic hydroxyl groups is 1. The predicted octanol–water partition coefficient (Wildman–Crippen LogP) is 4.49. The van der Waals surface area contributed by atoms with Crippen LogP contribution >= 0.6 is 0 Å². The standard InChI is InChI=1S/C25H24F3N3O2.2FH/c1-13-9-14(10-20(29)25(13)33)16-7-8-30-12-15(16)11-22(32)21-6-5-19(27)24(31-21)17-3-2-4-18(26)23(17)28;;/h2-8,12-14,20,25,33H,9-11,29H2,1H3;2*1H/t13-,14+,20+,25+;;/m0../s1. The van der Waals surface area contributed by atoms with E-state index in [0.29, 0.717) is 12.0 Å². The van der Waals surface area contributed by atoms with Crippen molar-refractivity contribution in [2.45, 2.75) is 44.2 Å². The summed E-state index contributed by atoms with van der Waals surface area (Å²) in [5.41, 5.74) is 6.88. The number of carbonyl (C=O) groups is 1. The van der Waals surface area contributed by atoms with Crippen LogP contribution in [0.5, 0.6) is 0 Å². The number of hydrogen-bond donors (Lipinski definition) is 2. The monoisotopic (exact) mass is 495 g/mol. The summed E-state index contributed by atoms with van der Waals surface area (Å²) in [4.78, 5) is 21.2. The molecule has 4 rings (SSSR count). The van der Waals surface area contributed by atoms with Gasteiger partial charge in [0.2, 0.25) is 0 Å². The Morgan fingerprint density at radius 3 is 2.54 bits per heavy atom. The molecule has 4 atom stereocenters. The largest absolute Gasteiger partial charge is 0.391 e. The summed E-state index contributed by atoms with van der Waals surface area (Å²) >= 11 is 0. The molecule has 0 saturated heterocycles. The Labute approximate surface area is 199 Å². The molecule has 1 aromatic carbocycles. The van der Waals surface area contributed by atoms with Crippen molar-refractivity contribution in [3.05, 3.63) is 83.1 Å². The molecule has 35 heavy (non-hydrogen) atoms. The second-order valence-corrected chi connectivity index (χ2v) is 8.60. The Balaban J connectivity index is 0.00000216. The van der Waals surface area contributed by atoms with Crippen molar-refractivity contribution in [3.63, 3.8) is 0 Å². The van der Waals surface area contributed by atoms with Gasteiger partial charge in [0.1, 0.15) is 17.2 Å². The van der Waals surface area contributed by atoms with Gasteiger partial charge in [0, 0.05) is 30.4 Å². The fourth-order valence-corrected chi connectivity index (χ4v) is 4.55. The van der Waals surface area contributed by atoms with Crippen molar-refractivity contribution in [3.8, 4) is 11.3 Å². The number of nitrogens with two attached hydrogens (primary N) is 1. The van der Waals surface area contributed by atoms with Gasteiger partial charge in [-0.3, -0.25) is 19.2 Å². The first kappa shape index (κ1) is 28.0. The maximum Gasteiger partial charge on any atom is 0.185 e. The van der Waals surface area contributed by atoms with E-state index in [2.05, 4.69) is 9.97 Å². The summed E-state index contributed by atoms with van der Waals surface area (Å²) in [6, 6.07) is 7.11. The molecule has 3 N–H and O–H groups in total. The molecule has 0 aliphatic heterocycles. The predicted molar refractivity (Wildman–Crippen MR) is 122 cm³/mol. The summed E-state index contributed by atoms with van der Waals surface area (Å²) in [6.07, 6.45) is 3.93. The average molecular weight is 495 g/mol. The molecule has 0 unspecified atom stereocenters.